The number of aromatic nitrogens is 10. The predicted octanol–water partition coefficient (Wildman–Crippen LogP) is 8.72. The first-order chi connectivity index (χ1) is 65.0. The zero-order valence-electron chi connectivity index (χ0n) is 78.2. The van der Waals surface area contributed by atoms with Crippen LogP contribution in [0.2, 0.25) is 0 Å². The molecule has 1 aromatic carbocycles. The zero-order valence-corrected chi connectivity index (χ0v) is 81.4. The highest BCUT2D eigenvalue weighted by molar-refractivity contribution is 7.20. The van der Waals surface area contributed by atoms with Gasteiger partial charge in [0.25, 0.3) is 27.8 Å². The summed E-state index contributed by atoms with van der Waals surface area (Å²) in [6, 6.07) is 6.75. The van der Waals surface area contributed by atoms with Crippen LogP contribution < -0.4 is 27.8 Å². The Bertz CT molecular complexity index is 6990. The number of aryl methyl sites for hydroxylation is 1. The Balaban J connectivity index is 0.000000101. The summed E-state index contributed by atoms with van der Waals surface area (Å²) in [7, 11) is 14.7. The summed E-state index contributed by atoms with van der Waals surface area (Å²) in [5.74, 6) is 3.25. The number of rotatable bonds is 8. The molecule has 25 rings (SSSR count). The van der Waals surface area contributed by atoms with Gasteiger partial charge in [-0.2, -0.15) is 0 Å². The number of carbonyl (C=O) groups excluding carboxylic acids is 5. The monoisotopic (exact) mass is 1920 g/mol. The van der Waals surface area contributed by atoms with E-state index in [9.17, 15) is 56.7 Å². The molecule has 0 radical (unpaired) electrons. The SMILES string of the molecule is CN1CCc2sc3c(=O)n4c(nc3c2C1)CN(C)C(=O)[C@@H]1CCC[C@H]14.CN1C[C@H]2C(=O)N(C)Cc3nc4sc5c(c4c(=O)n3[C@H]2C1)CC[C@@H](F)C5.CN1Cc2nc3c(oc4ccccc43)c(=O)n2[C@@H]2CN(CCF)C[C@H]2C1=O.COCCN1CCc2c(sc3nc4n(c(=O)c23)C(C)(C)CC(=O)N2CCC[C@H]42)C1.COCCN1CCc2c(sc3nc4n(c(=O)c23)[C@H]2CCC[C@@H]2C(=O)N(C)C4)C1. The molecule has 0 bridgehead atoms. The third kappa shape index (κ3) is 15.9. The zero-order chi connectivity index (χ0) is 93.9. The Kier molecular flexibility index (Phi) is 24.6. The van der Waals surface area contributed by atoms with Crippen molar-refractivity contribution >= 4 is 138 Å². The summed E-state index contributed by atoms with van der Waals surface area (Å²) in [5, 5.41) is 3.03. The topological polar surface area (TPSA) is 324 Å². The van der Waals surface area contributed by atoms with E-state index in [-0.39, 0.29) is 130 Å². The molecule has 14 aliphatic rings. The lowest BCUT2D eigenvalue weighted by Gasteiger charge is -2.28. The number of likely N-dealkylation sites (N-methyl/N-ethyl adjacent to an activating group) is 2. The van der Waals surface area contributed by atoms with Crippen LogP contribution in [0.25, 0.3) is 62.9 Å². The van der Waals surface area contributed by atoms with Gasteiger partial charge in [0.2, 0.25) is 35.1 Å². The second-order valence-electron chi connectivity index (χ2n) is 40.0. The van der Waals surface area contributed by atoms with Gasteiger partial charge < -0.3 is 48.2 Å². The fraction of sp³-hybridized carbons (Fsp3) is 0.594. The number of carbonyl (C=O) groups is 5. The number of fused-ring (bicyclic) bond motifs is 30. The summed E-state index contributed by atoms with van der Waals surface area (Å²) < 4.78 is 52.7. The van der Waals surface area contributed by atoms with Gasteiger partial charge in [0.1, 0.15) is 72.3 Å². The van der Waals surface area contributed by atoms with Crippen LogP contribution in [-0.4, -0.2) is 281 Å². The first kappa shape index (κ1) is 91.6. The van der Waals surface area contributed by atoms with Crippen molar-refractivity contribution in [1.29, 1.82) is 0 Å². The minimum absolute atomic E-state index is 0.0151. The van der Waals surface area contributed by atoms with Crippen LogP contribution in [-0.2, 0) is 117 Å². The number of amides is 5. The van der Waals surface area contributed by atoms with E-state index in [2.05, 4.69) is 26.6 Å². The maximum atomic E-state index is 13.8. The van der Waals surface area contributed by atoms with Crippen LogP contribution in [0.4, 0.5) is 8.78 Å². The average molecular weight is 1920 g/mol. The minimum atomic E-state index is -0.826. The molecule has 0 spiro atoms. The number of hydrogen-bond acceptors (Lipinski definition) is 27. The van der Waals surface area contributed by atoms with Gasteiger partial charge in [-0.3, -0.25) is 85.5 Å². The van der Waals surface area contributed by atoms with Crippen molar-refractivity contribution in [3.63, 3.8) is 0 Å². The molecular formula is C96H116F2N20O13S4. The van der Waals surface area contributed by atoms with Crippen LogP contribution >= 0.6 is 45.3 Å². The summed E-state index contributed by atoms with van der Waals surface area (Å²) in [6.45, 7) is 16.9. The van der Waals surface area contributed by atoms with Gasteiger partial charge in [0.15, 0.2) is 0 Å². The van der Waals surface area contributed by atoms with E-state index < -0.39 is 18.4 Å². The van der Waals surface area contributed by atoms with E-state index in [4.69, 9.17) is 38.8 Å². The number of nitrogens with zero attached hydrogens (tertiary/aromatic N) is 20. The number of ether oxygens (including phenoxy) is 2. The third-order valence-electron chi connectivity index (χ3n) is 30.9. The number of para-hydroxylation sites is 1. The molecule has 11 aromatic rings. The van der Waals surface area contributed by atoms with E-state index in [1.54, 1.807) is 91.1 Å². The summed E-state index contributed by atoms with van der Waals surface area (Å²) in [5.41, 5.74) is 6.07. The number of hydrogen-bond donors (Lipinski definition) is 0. The van der Waals surface area contributed by atoms with Gasteiger partial charge in [0, 0.05) is 171 Å². The fourth-order valence-corrected chi connectivity index (χ4v) is 29.2. The lowest BCUT2D eigenvalue weighted by Crippen LogP contribution is -2.40. The van der Waals surface area contributed by atoms with Crippen molar-refractivity contribution in [3.05, 3.63) is 147 Å². The van der Waals surface area contributed by atoms with Crippen LogP contribution in [0, 0.1) is 23.7 Å². The smallest absolute Gasteiger partial charge is 0.297 e. The molecule has 11 aliphatic heterocycles. The molecule has 3 aliphatic carbocycles. The van der Waals surface area contributed by atoms with Crippen LogP contribution in [0.5, 0.6) is 0 Å². The van der Waals surface area contributed by atoms with E-state index in [0.717, 1.165) is 207 Å². The minimum Gasteiger partial charge on any atom is -0.448 e. The number of likely N-dealkylation sites (tertiary alicyclic amines) is 2. The first-order valence-electron chi connectivity index (χ1n) is 47.7. The van der Waals surface area contributed by atoms with Crippen molar-refractivity contribution in [2.24, 2.45) is 23.7 Å². The van der Waals surface area contributed by atoms with E-state index in [1.165, 1.54) is 42.7 Å². The normalized spacial score (nSPS) is 25.3. The second-order valence-corrected chi connectivity index (χ2v) is 44.4. The van der Waals surface area contributed by atoms with Crippen molar-refractivity contribution in [2.45, 2.75) is 198 Å². The third-order valence-corrected chi connectivity index (χ3v) is 35.5. The quantitative estimate of drug-likeness (QED) is 0.137. The Morgan fingerprint density at radius 3 is 1.59 bits per heavy atom. The van der Waals surface area contributed by atoms with Crippen molar-refractivity contribution in [2.75, 3.05) is 148 Å². The lowest BCUT2D eigenvalue weighted by atomic mass is 9.95. The summed E-state index contributed by atoms with van der Waals surface area (Å²) >= 11 is 6.37. The molecule has 21 heterocycles. The van der Waals surface area contributed by atoms with Crippen molar-refractivity contribution in [3.8, 4) is 0 Å². The number of alkyl halides is 2. The van der Waals surface area contributed by atoms with Gasteiger partial charge in [-0.25, -0.2) is 33.7 Å². The summed E-state index contributed by atoms with van der Waals surface area (Å²) in [6.07, 6.45) is 11.1. The lowest BCUT2D eigenvalue weighted by molar-refractivity contribution is -0.135. The Morgan fingerprint density at radius 2 is 0.985 bits per heavy atom. The average Bonchev–Trinajstić information content (AvgIpc) is 1.45. The number of furan rings is 1. The maximum Gasteiger partial charge on any atom is 0.297 e. The molecule has 5 amide bonds. The fourth-order valence-electron chi connectivity index (χ4n) is 24.2. The molecule has 3 saturated heterocycles. The van der Waals surface area contributed by atoms with Gasteiger partial charge in [0.05, 0.1) is 127 Å². The molecule has 0 N–H and O–H groups in total. The van der Waals surface area contributed by atoms with Gasteiger partial charge in [-0.05, 0) is 127 Å². The van der Waals surface area contributed by atoms with Crippen LogP contribution in [0.3, 0.4) is 0 Å². The molecule has 2 saturated carbocycles. The number of benzene rings is 1. The van der Waals surface area contributed by atoms with E-state index >= 15 is 0 Å². The number of halogens is 2. The Morgan fingerprint density at radius 1 is 0.459 bits per heavy atom. The molecule has 5 fully saturated rings. The maximum absolute atomic E-state index is 13.8. The van der Waals surface area contributed by atoms with Crippen molar-refractivity contribution in [1.82, 2.24) is 96.8 Å². The molecule has 716 valence electrons. The van der Waals surface area contributed by atoms with Gasteiger partial charge in [-0.1, -0.05) is 25.0 Å². The largest absolute Gasteiger partial charge is 0.448 e. The van der Waals surface area contributed by atoms with Crippen LogP contribution in [0.15, 0.2) is 52.7 Å². The van der Waals surface area contributed by atoms with E-state index in [0.29, 0.717) is 104 Å². The van der Waals surface area contributed by atoms with Gasteiger partial charge >= 0.3 is 0 Å². The highest BCUT2D eigenvalue weighted by atomic mass is 32.1. The number of thiophene rings is 4. The predicted molar refractivity (Wildman–Crippen MR) is 511 cm³/mol. The highest BCUT2D eigenvalue weighted by Gasteiger charge is 2.50. The molecule has 10 atom stereocenters. The van der Waals surface area contributed by atoms with Crippen LogP contribution in [0.1, 0.15) is 179 Å². The molecule has 10 aromatic heterocycles. The van der Waals surface area contributed by atoms with Crippen molar-refractivity contribution < 1.29 is 46.6 Å². The standard InChI is InChI=1S/C21H28N4O3S.C20H26N4O3S.C19H19FN4O3.C18H21FN4O2S.C18H22N4O2S/c1-21(2)11-16(26)24-7-4-5-14(24)18-22-19-17(20(27)25(18)21)13-6-8-23(9-10-28-3)12-15(13)29-19;1-22-11-16-21-18-17(13-6-7-23(8-9-27-2)10-15(13)28-18)20(26)24(16)14-5-3-4-12(14)19(22)25;1-22-10-15-21-16-11-4-2-3-5-14(11)27-17(16)19(26)24(15)13-9-23(7-6-20)8-12(13)18(22)25;1-21-6-11-12(7-21)23-14(8-22(2)17(11)24)20-16-15(18(23)25)10-4-3-9(19)5-13(10)26-16;1-20-7-6-13-11(8-20)15-16(25-13)18(24)22-12-5-3-4-10(12)17(23)21(2)9-14(22)19-15/h14H,4-12H2,1-3H3;12,14H,3-11H2,1-2H3;2-5,12-13H,6-10H2,1H3;9,11-12H,3-8H2,1-2H3;10,12H,3-9H2,1-2H3/t14-;12-,14-;12-,13-;9-,11-,12+;10-,12-/m10111/s1. The first-order valence-corrected chi connectivity index (χ1v) is 51.0. The Labute approximate surface area is 793 Å². The molecule has 135 heavy (non-hydrogen) atoms. The van der Waals surface area contributed by atoms with E-state index in [1.807, 2.05) is 82.8 Å². The molecular weight excluding hydrogens is 1810 g/mol. The molecule has 39 heteroatoms. The second kappa shape index (κ2) is 36.2. The highest BCUT2D eigenvalue weighted by Crippen LogP contribution is 2.47. The Hall–Kier alpha value is -9.81. The summed E-state index contributed by atoms with van der Waals surface area (Å²) in [4.78, 5) is 183. The molecule has 33 nitrogen and oxygen atoms in total. The van der Waals surface area contributed by atoms with Gasteiger partial charge in [-0.15, -0.1) is 45.3 Å². The molecule has 0 unspecified atom stereocenters. The number of methoxy groups -OCH3 is 2.